The largest absolute Gasteiger partial charge is 0.187 e. The second kappa shape index (κ2) is 14.2. The Bertz CT molecular complexity index is 2010. The van der Waals surface area contributed by atoms with Gasteiger partial charge >= 0.3 is 0 Å². The monoisotopic (exact) mass is 652 g/mol. The quantitative estimate of drug-likeness (QED) is 0.121. The van der Waals surface area contributed by atoms with Crippen LogP contribution in [0.5, 0.6) is 0 Å². The molecule has 8 aromatic carbocycles. The Kier molecular flexibility index (Phi) is 9.45. The maximum absolute atomic E-state index is 2.42. The molecule has 224 valence electrons. The summed E-state index contributed by atoms with van der Waals surface area (Å²) in [5, 5.41) is 13.3. The summed E-state index contributed by atoms with van der Waals surface area (Å²) in [7, 11) is -1.70. The maximum atomic E-state index is 2.42. The Morgan fingerprint density at radius 1 is 0.255 bits per heavy atom. The Morgan fingerprint density at radius 3 is 0.851 bits per heavy atom. The van der Waals surface area contributed by atoms with Crippen molar-refractivity contribution >= 4 is 86.6 Å². The van der Waals surface area contributed by atoms with Gasteiger partial charge in [0.1, 0.15) is 0 Å². The van der Waals surface area contributed by atoms with E-state index in [2.05, 4.69) is 194 Å². The Labute approximate surface area is 290 Å². The van der Waals surface area contributed by atoms with E-state index in [9.17, 15) is 0 Å². The van der Waals surface area contributed by atoms with Gasteiger partial charge < -0.3 is 0 Å². The van der Waals surface area contributed by atoms with Crippen LogP contribution in [-0.4, -0.2) is 17.4 Å². The molecule has 0 aromatic heterocycles. The fraction of sp³-hybridized carbons (Fsp3) is 0. The van der Waals surface area contributed by atoms with Gasteiger partial charge in [-0.25, -0.2) is 0 Å². The van der Waals surface area contributed by atoms with Gasteiger partial charge in [-0.3, -0.25) is 0 Å². The van der Waals surface area contributed by atoms with Crippen LogP contribution < -0.4 is 31.8 Å². The van der Waals surface area contributed by atoms with Gasteiger partial charge in [-0.1, -0.05) is 194 Å². The summed E-state index contributed by atoms with van der Waals surface area (Å²) < 4.78 is 0. The van der Waals surface area contributed by atoms with Crippen LogP contribution in [0, 0.1) is 0 Å². The minimum absolute atomic E-state index is 0. The highest BCUT2D eigenvalue weighted by atomic mass is 31.1. The third-order valence-electron chi connectivity index (χ3n) is 8.60. The zero-order valence-corrected chi connectivity index (χ0v) is 27.2. The van der Waals surface area contributed by atoms with Gasteiger partial charge in [0.15, 0.2) is 17.4 Å². The lowest BCUT2D eigenvalue weighted by Crippen LogP contribution is -2.26. The van der Waals surface area contributed by atoms with Crippen molar-refractivity contribution in [3.63, 3.8) is 0 Å². The van der Waals surface area contributed by atoms with E-state index in [-0.39, 0.29) is 17.4 Å². The number of rotatable bonds is 7. The normalized spacial score (nSPS) is 11.2. The van der Waals surface area contributed by atoms with Crippen molar-refractivity contribution in [2.75, 3.05) is 0 Å². The summed E-state index contributed by atoms with van der Waals surface area (Å²) in [6.07, 6.45) is 0. The Hall–Kier alpha value is -4.33. The highest BCUT2D eigenvalue weighted by Gasteiger charge is 2.27. The van der Waals surface area contributed by atoms with Crippen molar-refractivity contribution in [1.82, 2.24) is 0 Å². The molecule has 0 amide bonds. The standard InChI is InChI=1S/C44H32P2.Al.3H/c1-5-19-35(20-6-1)45(36-21-7-2-8-22-36)41-31-29-33-17-13-15-27-39(33)43(41)44-40-28-16-14-18-34(40)30-32-42(44)46(37-23-9-3-10-24-37)38-25-11-4-12-26-38;;;;/h1-32H;;;;. The molecule has 0 nitrogen and oxygen atoms in total. The number of benzene rings is 8. The summed E-state index contributed by atoms with van der Waals surface area (Å²) in [6, 6.07) is 71.8. The van der Waals surface area contributed by atoms with Crippen LogP contribution >= 0.6 is 15.8 Å². The summed E-state index contributed by atoms with van der Waals surface area (Å²) >= 11 is 0. The molecule has 0 bridgehead atoms. The predicted octanol–water partition coefficient (Wildman–Crippen LogP) is 7.99. The molecule has 0 saturated carbocycles. The molecule has 0 heterocycles. The lowest BCUT2D eigenvalue weighted by Gasteiger charge is -2.28. The van der Waals surface area contributed by atoms with E-state index in [0.29, 0.717) is 0 Å². The Morgan fingerprint density at radius 2 is 0.532 bits per heavy atom. The molecule has 8 aromatic rings. The molecule has 0 saturated heterocycles. The molecule has 0 spiro atoms. The molecule has 0 aliphatic carbocycles. The van der Waals surface area contributed by atoms with Crippen LogP contribution in [0.2, 0.25) is 0 Å². The van der Waals surface area contributed by atoms with E-state index in [1.54, 1.807) is 0 Å². The molecule has 0 N–H and O–H groups in total. The van der Waals surface area contributed by atoms with Crippen LogP contribution in [0.25, 0.3) is 32.7 Å². The van der Waals surface area contributed by atoms with Crippen LogP contribution in [0.4, 0.5) is 0 Å². The maximum Gasteiger partial charge on any atom is 0.187 e. The molecule has 47 heavy (non-hydrogen) atoms. The first-order valence-corrected chi connectivity index (χ1v) is 18.4. The van der Waals surface area contributed by atoms with Crippen molar-refractivity contribution in [1.29, 1.82) is 0 Å². The van der Waals surface area contributed by atoms with Crippen molar-refractivity contribution < 1.29 is 0 Å². The highest BCUT2D eigenvalue weighted by molar-refractivity contribution is 7.80. The van der Waals surface area contributed by atoms with E-state index < -0.39 is 15.8 Å². The van der Waals surface area contributed by atoms with Crippen molar-refractivity contribution in [3.8, 4) is 11.1 Å². The number of fused-ring (bicyclic) bond motifs is 2. The highest BCUT2D eigenvalue weighted by Crippen LogP contribution is 2.45. The summed E-state index contributed by atoms with van der Waals surface area (Å²) in [5.41, 5.74) is 2.70. The van der Waals surface area contributed by atoms with E-state index in [1.165, 1.54) is 64.5 Å². The minimum Gasteiger partial charge on any atom is -0.0622 e. The van der Waals surface area contributed by atoms with E-state index in [4.69, 9.17) is 0 Å². The van der Waals surface area contributed by atoms with Gasteiger partial charge in [0, 0.05) is 0 Å². The van der Waals surface area contributed by atoms with Crippen LogP contribution in [0.3, 0.4) is 0 Å². The van der Waals surface area contributed by atoms with Gasteiger partial charge in [0.25, 0.3) is 0 Å². The molecule has 0 aliphatic heterocycles. The van der Waals surface area contributed by atoms with Gasteiger partial charge in [-0.05, 0) is 80.3 Å². The van der Waals surface area contributed by atoms with Gasteiger partial charge in [-0.2, -0.15) is 0 Å². The first kappa shape index (κ1) is 31.3. The van der Waals surface area contributed by atoms with Crippen molar-refractivity contribution in [2.24, 2.45) is 0 Å². The second-order valence-corrected chi connectivity index (χ2v) is 15.7. The average Bonchev–Trinajstić information content (AvgIpc) is 3.14. The molecule has 0 fully saturated rings. The third kappa shape index (κ3) is 6.10. The van der Waals surface area contributed by atoms with E-state index in [1.807, 2.05) is 0 Å². The summed E-state index contributed by atoms with van der Waals surface area (Å²) in [6.45, 7) is 0. The number of hydrogen-bond donors (Lipinski definition) is 0. The minimum atomic E-state index is -0.852. The fourth-order valence-corrected chi connectivity index (χ4v) is 11.5. The third-order valence-corrected chi connectivity index (χ3v) is 13.6. The number of hydrogen-bond acceptors (Lipinski definition) is 0. The first-order chi connectivity index (χ1) is 22.9. The second-order valence-electron chi connectivity index (χ2n) is 11.4. The molecular weight excluding hydrogens is 617 g/mol. The molecule has 3 heteroatoms. The zero-order chi connectivity index (χ0) is 30.7. The van der Waals surface area contributed by atoms with Crippen molar-refractivity contribution in [2.45, 2.75) is 0 Å². The lowest BCUT2D eigenvalue weighted by molar-refractivity contribution is 1.72. The van der Waals surface area contributed by atoms with Gasteiger partial charge in [0.05, 0.1) is 0 Å². The van der Waals surface area contributed by atoms with E-state index >= 15 is 0 Å². The van der Waals surface area contributed by atoms with Gasteiger partial charge in [-0.15, -0.1) is 0 Å². The molecular formula is C44H35AlP2. The van der Waals surface area contributed by atoms with Crippen molar-refractivity contribution in [3.05, 3.63) is 194 Å². The molecule has 8 rings (SSSR count). The Balaban J connectivity index is 0.00000351. The first-order valence-electron chi connectivity index (χ1n) is 15.7. The topological polar surface area (TPSA) is 0 Å². The SMILES string of the molecule is [AlH3].c1ccc(P(c2ccccc2)c2ccc3ccccc3c2-c2c(P(c3ccccc3)c3ccccc3)ccc3ccccc23)cc1. The van der Waals surface area contributed by atoms with Crippen LogP contribution in [0.15, 0.2) is 194 Å². The molecule has 0 radical (unpaired) electrons. The van der Waals surface area contributed by atoms with E-state index in [0.717, 1.165) is 0 Å². The summed E-state index contributed by atoms with van der Waals surface area (Å²) in [5.74, 6) is 0. The molecule has 0 aliphatic rings. The van der Waals surface area contributed by atoms with Crippen LogP contribution in [0.1, 0.15) is 0 Å². The molecule has 0 unspecified atom stereocenters. The zero-order valence-electron chi connectivity index (χ0n) is 25.4. The smallest absolute Gasteiger partial charge is 0.0622 e. The predicted molar refractivity (Wildman–Crippen MR) is 214 cm³/mol. The van der Waals surface area contributed by atoms with Gasteiger partial charge in [0.2, 0.25) is 0 Å². The average molecular weight is 653 g/mol. The van der Waals surface area contributed by atoms with Crippen LogP contribution in [-0.2, 0) is 0 Å². The molecule has 0 atom stereocenters. The fourth-order valence-electron chi connectivity index (χ4n) is 6.58. The summed E-state index contributed by atoms with van der Waals surface area (Å²) in [4.78, 5) is 0. The lowest BCUT2D eigenvalue weighted by atomic mass is 9.93.